The van der Waals surface area contributed by atoms with Crippen molar-refractivity contribution in [1.82, 2.24) is 0 Å². The van der Waals surface area contributed by atoms with E-state index in [1.807, 2.05) is 6.92 Å². The van der Waals surface area contributed by atoms with Crippen LogP contribution in [0.4, 0.5) is 11.4 Å². The minimum absolute atomic E-state index is 0.182. The number of benzene rings is 2. The third kappa shape index (κ3) is 4.08. The standard InChI is InChI=1S/C18H23BrN2/c1-4-21(16-7-5-6-13(2)10-16)18-9-8-15(11-14(3)20)12-17(18)19/h5-10,12,14H,4,11,20H2,1-3H3. The van der Waals surface area contributed by atoms with Gasteiger partial charge in [-0.1, -0.05) is 18.2 Å². The van der Waals surface area contributed by atoms with E-state index in [-0.39, 0.29) is 6.04 Å². The van der Waals surface area contributed by atoms with Crippen molar-refractivity contribution < 1.29 is 0 Å². The molecule has 21 heavy (non-hydrogen) atoms. The van der Waals surface area contributed by atoms with Crippen molar-refractivity contribution in [2.24, 2.45) is 5.73 Å². The summed E-state index contributed by atoms with van der Waals surface area (Å²) < 4.78 is 1.11. The van der Waals surface area contributed by atoms with Crippen LogP contribution in [0.3, 0.4) is 0 Å². The zero-order valence-corrected chi connectivity index (χ0v) is 14.5. The Bertz CT molecular complexity index is 608. The van der Waals surface area contributed by atoms with Gasteiger partial charge < -0.3 is 10.6 Å². The molecule has 112 valence electrons. The van der Waals surface area contributed by atoms with E-state index in [1.54, 1.807) is 0 Å². The number of nitrogens with two attached hydrogens (primary N) is 1. The molecule has 0 spiro atoms. The smallest absolute Gasteiger partial charge is 0.0555 e. The molecule has 3 heteroatoms. The maximum absolute atomic E-state index is 5.88. The molecule has 0 aliphatic heterocycles. The van der Waals surface area contributed by atoms with E-state index in [0.717, 1.165) is 17.4 Å². The first-order chi connectivity index (χ1) is 10.0. The Morgan fingerprint density at radius 1 is 1.19 bits per heavy atom. The van der Waals surface area contributed by atoms with E-state index in [0.29, 0.717) is 0 Å². The van der Waals surface area contributed by atoms with Crippen LogP contribution in [-0.4, -0.2) is 12.6 Å². The molecule has 1 atom stereocenters. The van der Waals surface area contributed by atoms with Gasteiger partial charge in [0.25, 0.3) is 0 Å². The summed E-state index contributed by atoms with van der Waals surface area (Å²) in [4.78, 5) is 2.31. The van der Waals surface area contributed by atoms with Gasteiger partial charge in [0, 0.05) is 22.7 Å². The summed E-state index contributed by atoms with van der Waals surface area (Å²) in [5.41, 5.74) is 10.8. The van der Waals surface area contributed by atoms with Crippen LogP contribution in [0.2, 0.25) is 0 Å². The second-order valence-corrected chi connectivity index (χ2v) is 6.40. The molecule has 0 heterocycles. The minimum atomic E-state index is 0.182. The Morgan fingerprint density at radius 2 is 1.95 bits per heavy atom. The normalized spacial score (nSPS) is 12.2. The Morgan fingerprint density at radius 3 is 2.52 bits per heavy atom. The molecular weight excluding hydrogens is 324 g/mol. The zero-order valence-electron chi connectivity index (χ0n) is 12.9. The van der Waals surface area contributed by atoms with Crippen LogP contribution in [0.1, 0.15) is 25.0 Å². The summed E-state index contributed by atoms with van der Waals surface area (Å²) in [6.45, 7) is 7.25. The maximum Gasteiger partial charge on any atom is 0.0555 e. The molecule has 0 aliphatic carbocycles. The van der Waals surface area contributed by atoms with Crippen molar-refractivity contribution in [3.8, 4) is 0 Å². The summed E-state index contributed by atoms with van der Waals surface area (Å²) in [5.74, 6) is 0. The molecule has 0 fully saturated rings. The lowest BCUT2D eigenvalue weighted by Gasteiger charge is -2.25. The molecule has 0 bridgehead atoms. The minimum Gasteiger partial charge on any atom is -0.341 e. The van der Waals surface area contributed by atoms with Gasteiger partial charge in [-0.15, -0.1) is 0 Å². The quantitative estimate of drug-likeness (QED) is 0.841. The van der Waals surface area contributed by atoms with Gasteiger partial charge in [-0.25, -0.2) is 0 Å². The highest BCUT2D eigenvalue weighted by Gasteiger charge is 2.12. The maximum atomic E-state index is 5.88. The van der Waals surface area contributed by atoms with Crippen molar-refractivity contribution in [2.75, 3.05) is 11.4 Å². The first-order valence-corrected chi connectivity index (χ1v) is 8.18. The number of rotatable bonds is 5. The van der Waals surface area contributed by atoms with Crippen LogP contribution in [0.5, 0.6) is 0 Å². The molecule has 0 saturated carbocycles. The first-order valence-electron chi connectivity index (χ1n) is 7.39. The Balaban J connectivity index is 2.34. The molecule has 1 unspecified atom stereocenters. The van der Waals surface area contributed by atoms with Crippen LogP contribution in [0, 0.1) is 6.92 Å². The van der Waals surface area contributed by atoms with Gasteiger partial charge in [-0.05, 0) is 78.5 Å². The average Bonchev–Trinajstić information content (AvgIpc) is 2.41. The van der Waals surface area contributed by atoms with Crippen LogP contribution in [-0.2, 0) is 6.42 Å². The number of halogens is 1. The molecule has 2 rings (SSSR count). The molecule has 2 N–H and O–H groups in total. The molecule has 2 aromatic carbocycles. The summed E-state index contributed by atoms with van der Waals surface area (Å²) in [6, 6.07) is 15.3. The van der Waals surface area contributed by atoms with Gasteiger partial charge >= 0.3 is 0 Å². The topological polar surface area (TPSA) is 29.3 Å². The van der Waals surface area contributed by atoms with Gasteiger partial charge in [0.15, 0.2) is 0 Å². The van der Waals surface area contributed by atoms with Crippen LogP contribution >= 0.6 is 15.9 Å². The fourth-order valence-electron chi connectivity index (χ4n) is 2.56. The molecule has 0 aliphatic rings. The highest BCUT2D eigenvalue weighted by Crippen LogP contribution is 2.33. The lowest BCUT2D eigenvalue weighted by atomic mass is 10.1. The third-order valence-corrected chi connectivity index (χ3v) is 4.13. The van der Waals surface area contributed by atoms with E-state index in [1.165, 1.54) is 22.5 Å². The van der Waals surface area contributed by atoms with E-state index in [4.69, 9.17) is 5.73 Å². The fraction of sp³-hybridized carbons (Fsp3) is 0.333. The van der Waals surface area contributed by atoms with E-state index in [2.05, 4.69) is 77.1 Å². The number of hydrogen-bond acceptors (Lipinski definition) is 2. The first kappa shape index (κ1) is 16.1. The van der Waals surface area contributed by atoms with Crippen LogP contribution in [0.15, 0.2) is 46.9 Å². The molecular formula is C18H23BrN2. The molecule has 0 aromatic heterocycles. The van der Waals surface area contributed by atoms with Crippen molar-refractivity contribution >= 4 is 27.3 Å². The lowest BCUT2D eigenvalue weighted by Crippen LogP contribution is -2.19. The van der Waals surface area contributed by atoms with Gasteiger partial charge in [0.05, 0.1) is 5.69 Å². The van der Waals surface area contributed by atoms with Crippen molar-refractivity contribution in [1.29, 1.82) is 0 Å². The predicted molar refractivity (Wildman–Crippen MR) is 95.4 cm³/mol. The van der Waals surface area contributed by atoms with Gasteiger partial charge in [0.2, 0.25) is 0 Å². The highest BCUT2D eigenvalue weighted by molar-refractivity contribution is 9.10. The monoisotopic (exact) mass is 346 g/mol. The molecule has 0 radical (unpaired) electrons. The molecule has 2 aromatic rings. The Kier molecular flexibility index (Phi) is 5.43. The van der Waals surface area contributed by atoms with E-state index < -0.39 is 0 Å². The molecule has 2 nitrogen and oxygen atoms in total. The summed E-state index contributed by atoms with van der Waals surface area (Å²) in [6.07, 6.45) is 0.898. The number of anilines is 2. The second-order valence-electron chi connectivity index (χ2n) is 5.55. The van der Waals surface area contributed by atoms with Crippen molar-refractivity contribution in [2.45, 2.75) is 33.2 Å². The van der Waals surface area contributed by atoms with Gasteiger partial charge in [0.1, 0.15) is 0 Å². The second kappa shape index (κ2) is 7.10. The van der Waals surface area contributed by atoms with Crippen molar-refractivity contribution in [3.63, 3.8) is 0 Å². The van der Waals surface area contributed by atoms with Crippen LogP contribution < -0.4 is 10.6 Å². The Labute approximate surface area is 136 Å². The Hall–Kier alpha value is -1.32. The fourth-order valence-corrected chi connectivity index (χ4v) is 3.20. The number of nitrogens with zero attached hydrogens (tertiary/aromatic N) is 1. The summed E-state index contributed by atoms with van der Waals surface area (Å²) in [7, 11) is 0. The molecule has 0 saturated heterocycles. The van der Waals surface area contributed by atoms with E-state index in [9.17, 15) is 0 Å². The van der Waals surface area contributed by atoms with Crippen molar-refractivity contribution in [3.05, 3.63) is 58.1 Å². The molecule has 0 amide bonds. The third-order valence-electron chi connectivity index (χ3n) is 3.49. The van der Waals surface area contributed by atoms with Crippen LogP contribution in [0.25, 0.3) is 0 Å². The predicted octanol–water partition coefficient (Wildman–Crippen LogP) is 4.81. The summed E-state index contributed by atoms with van der Waals surface area (Å²) >= 11 is 3.71. The number of aryl methyl sites for hydroxylation is 1. The van der Waals surface area contributed by atoms with E-state index >= 15 is 0 Å². The lowest BCUT2D eigenvalue weighted by molar-refractivity contribution is 0.738. The zero-order chi connectivity index (χ0) is 15.4. The van der Waals surface area contributed by atoms with Gasteiger partial charge in [-0.3, -0.25) is 0 Å². The highest BCUT2D eigenvalue weighted by atomic mass is 79.9. The number of hydrogen-bond donors (Lipinski definition) is 1. The largest absolute Gasteiger partial charge is 0.341 e. The summed E-state index contributed by atoms with van der Waals surface area (Å²) in [5, 5.41) is 0. The SMILES string of the molecule is CCN(c1cccc(C)c1)c1ccc(CC(C)N)cc1Br. The average molecular weight is 347 g/mol. The van der Waals surface area contributed by atoms with Gasteiger partial charge in [-0.2, -0.15) is 0 Å².